The number of aromatic nitrogens is 2. The fourth-order valence-electron chi connectivity index (χ4n) is 2.64. The molecule has 2 aromatic rings. The van der Waals surface area contributed by atoms with Gasteiger partial charge in [0.1, 0.15) is 6.04 Å². The minimum atomic E-state index is -3.50. The topological polar surface area (TPSA) is 120 Å². The molecule has 0 aliphatic rings. The third-order valence-electron chi connectivity index (χ3n) is 4.22. The van der Waals surface area contributed by atoms with Gasteiger partial charge in [-0.25, -0.2) is 23.1 Å². The van der Waals surface area contributed by atoms with Gasteiger partial charge < -0.3 is 10.6 Å². The first-order chi connectivity index (χ1) is 14.0. The van der Waals surface area contributed by atoms with Gasteiger partial charge in [0.05, 0.1) is 29.0 Å². The largest absolute Gasteiger partial charge is 0.367 e. The number of nitriles is 1. The number of hydrogen-bond donors (Lipinski definition) is 3. The predicted molar refractivity (Wildman–Crippen MR) is 114 cm³/mol. The lowest BCUT2D eigenvalue weighted by atomic mass is 10.2. The number of nitrogens with zero attached hydrogens (tertiary/aromatic N) is 3. The van der Waals surface area contributed by atoms with E-state index in [9.17, 15) is 8.42 Å². The van der Waals surface area contributed by atoms with Gasteiger partial charge in [-0.3, -0.25) is 0 Å². The maximum atomic E-state index is 12.3. The van der Waals surface area contributed by atoms with E-state index in [4.69, 9.17) is 5.26 Å². The summed E-state index contributed by atoms with van der Waals surface area (Å²) in [6.45, 7) is 4.54. The van der Waals surface area contributed by atoms with Crippen LogP contribution in [0.4, 0.5) is 17.3 Å². The zero-order valence-electron chi connectivity index (χ0n) is 16.9. The third kappa shape index (κ3) is 7.33. The molecule has 0 aliphatic carbocycles. The average molecular weight is 417 g/mol. The molecule has 29 heavy (non-hydrogen) atoms. The van der Waals surface area contributed by atoms with Crippen molar-refractivity contribution in [2.45, 2.75) is 56.9 Å². The highest BCUT2D eigenvalue weighted by atomic mass is 32.2. The second kappa shape index (κ2) is 11.3. The fourth-order valence-corrected chi connectivity index (χ4v) is 3.71. The molecule has 0 aliphatic heterocycles. The molecule has 1 atom stereocenters. The molecule has 1 unspecified atom stereocenters. The Morgan fingerprint density at radius 1 is 1.03 bits per heavy atom. The summed E-state index contributed by atoms with van der Waals surface area (Å²) in [4.78, 5) is 8.67. The van der Waals surface area contributed by atoms with Crippen molar-refractivity contribution in [3.63, 3.8) is 0 Å². The summed E-state index contributed by atoms with van der Waals surface area (Å²) in [6, 6.07) is 8.36. The maximum Gasteiger partial charge on any atom is 0.240 e. The van der Waals surface area contributed by atoms with Gasteiger partial charge in [-0.15, -0.1) is 0 Å². The minimum absolute atomic E-state index is 0.221. The molecule has 0 radical (unpaired) electrons. The van der Waals surface area contributed by atoms with E-state index < -0.39 is 10.0 Å². The van der Waals surface area contributed by atoms with Crippen LogP contribution in [-0.4, -0.2) is 31.0 Å². The fraction of sp³-hybridized carbons (Fsp3) is 0.450. The quantitative estimate of drug-likeness (QED) is 0.450. The minimum Gasteiger partial charge on any atom is -0.367 e. The summed E-state index contributed by atoms with van der Waals surface area (Å²) in [5.41, 5.74) is 1.35. The number of sulfonamides is 1. The summed E-state index contributed by atoms with van der Waals surface area (Å²) >= 11 is 0. The van der Waals surface area contributed by atoms with Crippen molar-refractivity contribution >= 4 is 27.3 Å². The summed E-state index contributed by atoms with van der Waals surface area (Å²) in [5.74, 6) is 0.382. The molecular weight excluding hydrogens is 388 g/mol. The second-order valence-electron chi connectivity index (χ2n) is 6.66. The Balaban J connectivity index is 1.95. The van der Waals surface area contributed by atoms with Crippen LogP contribution in [0.25, 0.3) is 0 Å². The Morgan fingerprint density at radius 3 is 2.31 bits per heavy atom. The van der Waals surface area contributed by atoms with Crippen molar-refractivity contribution in [1.29, 1.82) is 5.26 Å². The maximum absolute atomic E-state index is 12.3. The van der Waals surface area contributed by atoms with Gasteiger partial charge >= 0.3 is 0 Å². The van der Waals surface area contributed by atoms with Crippen LogP contribution in [-0.2, 0) is 10.0 Å². The van der Waals surface area contributed by atoms with Crippen molar-refractivity contribution in [2.75, 3.05) is 17.2 Å². The van der Waals surface area contributed by atoms with Gasteiger partial charge in [-0.1, -0.05) is 33.1 Å². The van der Waals surface area contributed by atoms with E-state index in [1.54, 1.807) is 36.7 Å². The van der Waals surface area contributed by atoms with E-state index in [2.05, 4.69) is 38.3 Å². The van der Waals surface area contributed by atoms with Gasteiger partial charge in [0, 0.05) is 12.2 Å². The van der Waals surface area contributed by atoms with Gasteiger partial charge in [0.2, 0.25) is 16.0 Å². The zero-order chi connectivity index (χ0) is 21.1. The summed E-state index contributed by atoms with van der Waals surface area (Å²) in [5, 5.41) is 15.2. The Morgan fingerprint density at radius 2 is 1.72 bits per heavy atom. The van der Waals surface area contributed by atoms with Crippen LogP contribution in [0, 0.1) is 11.3 Å². The molecular formula is C20H28N6O2S. The smallest absolute Gasteiger partial charge is 0.240 e. The van der Waals surface area contributed by atoms with Crippen LogP contribution in [0.15, 0.2) is 41.6 Å². The highest BCUT2D eigenvalue weighted by Gasteiger charge is 2.13. The highest BCUT2D eigenvalue weighted by Crippen LogP contribution is 2.18. The SMILES string of the molecule is CCCCCNS(=O)(=O)c1ccc(Nc2ncc(NC(C#N)CCC)cn2)cc1. The van der Waals surface area contributed by atoms with E-state index in [1.165, 1.54) is 0 Å². The first kappa shape index (κ1) is 22.6. The standard InChI is InChI=1S/C20H28N6O2S/c1-3-5-6-12-24-29(27,28)19-10-8-16(9-11-19)26-20-22-14-18(15-23-20)25-17(13-21)7-4-2/h8-11,14-15,17,24-25H,3-7,12H2,1-2H3,(H,22,23,26). The Kier molecular flexibility index (Phi) is 8.83. The number of benzene rings is 1. The highest BCUT2D eigenvalue weighted by molar-refractivity contribution is 7.89. The monoisotopic (exact) mass is 416 g/mol. The molecule has 0 bridgehead atoms. The zero-order valence-corrected chi connectivity index (χ0v) is 17.7. The van der Waals surface area contributed by atoms with E-state index in [0.717, 1.165) is 32.1 Å². The van der Waals surface area contributed by atoms with Crippen LogP contribution in [0.1, 0.15) is 46.0 Å². The van der Waals surface area contributed by atoms with Crippen LogP contribution >= 0.6 is 0 Å². The van der Waals surface area contributed by atoms with Crippen molar-refractivity contribution in [2.24, 2.45) is 0 Å². The van der Waals surface area contributed by atoms with Crippen molar-refractivity contribution in [1.82, 2.24) is 14.7 Å². The first-order valence-electron chi connectivity index (χ1n) is 9.83. The number of nitrogens with one attached hydrogen (secondary N) is 3. The van der Waals surface area contributed by atoms with Gasteiger partial charge in [-0.05, 0) is 37.1 Å². The molecule has 2 rings (SSSR count). The normalized spacial score (nSPS) is 12.2. The van der Waals surface area contributed by atoms with E-state index >= 15 is 0 Å². The van der Waals surface area contributed by atoms with Crippen molar-refractivity contribution in [3.05, 3.63) is 36.7 Å². The molecule has 8 nitrogen and oxygen atoms in total. The van der Waals surface area contributed by atoms with Crippen molar-refractivity contribution in [3.8, 4) is 6.07 Å². The molecule has 0 saturated carbocycles. The lowest BCUT2D eigenvalue weighted by molar-refractivity contribution is 0.576. The molecule has 3 N–H and O–H groups in total. The van der Waals surface area contributed by atoms with Crippen LogP contribution in [0.3, 0.4) is 0 Å². The molecule has 1 heterocycles. The number of anilines is 3. The number of hydrogen-bond acceptors (Lipinski definition) is 7. The van der Waals surface area contributed by atoms with Gasteiger partial charge in [0.25, 0.3) is 0 Å². The lowest BCUT2D eigenvalue weighted by Crippen LogP contribution is -2.24. The first-order valence-corrected chi connectivity index (χ1v) is 11.3. The van der Waals surface area contributed by atoms with E-state index in [1.807, 2.05) is 6.92 Å². The van der Waals surface area contributed by atoms with E-state index in [0.29, 0.717) is 23.9 Å². The van der Waals surface area contributed by atoms with Gasteiger partial charge in [0.15, 0.2) is 0 Å². The van der Waals surface area contributed by atoms with Crippen LogP contribution < -0.4 is 15.4 Å². The van der Waals surface area contributed by atoms with Crippen molar-refractivity contribution < 1.29 is 8.42 Å². The Bertz CT molecular complexity index is 892. The molecule has 0 saturated heterocycles. The molecule has 0 spiro atoms. The predicted octanol–water partition coefficient (Wildman–Crippen LogP) is 3.79. The summed E-state index contributed by atoms with van der Waals surface area (Å²) < 4.78 is 27.2. The number of unbranched alkanes of at least 4 members (excludes halogenated alkanes) is 2. The second-order valence-corrected chi connectivity index (χ2v) is 8.43. The molecule has 1 aromatic carbocycles. The van der Waals surface area contributed by atoms with Gasteiger partial charge in [-0.2, -0.15) is 5.26 Å². The van der Waals surface area contributed by atoms with E-state index in [-0.39, 0.29) is 10.9 Å². The molecule has 0 fully saturated rings. The Labute approximate surface area is 172 Å². The van der Waals surface area contributed by atoms with Crippen LogP contribution in [0.2, 0.25) is 0 Å². The molecule has 156 valence electrons. The summed E-state index contributed by atoms with van der Waals surface area (Å²) in [7, 11) is -3.50. The average Bonchev–Trinajstić information content (AvgIpc) is 2.72. The lowest BCUT2D eigenvalue weighted by Gasteiger charge is -2.12. The third-order valence-corrected chi connectivity index (χ3v) is 5.70. The molecule has 1 aromatic heterocycles. The number of rotatable bonds is 12. The summed E-state index contributed by atoms with van der Waals surface area (Å²) in [6.07, 6.45) is 7.73. The molecule has 9 heteroatoms. The van der Waals surface area contributed by atoms with Crippen LogP contribution in [0.5, 0.6) is 0 Å². The molecule has 0 amide bonds. The Hall–Kier alpha value is -2.70.